The molecule has 152 valence electrons. The van der Waals surface area contributed by atoms with E-state index in [0.717, 1.165) is 33.8 Å². The van der Waals surface area contributed by atoms with E-state index < -0.39 is 0 Å². The van der Waals surface area contributed by atoms with Crippen LogP contribution in [0.1, 0.15) is 62.8 Å². The Hall–Kier alpha value is -1.65. The first-order valence-corrected chi connectivity index (χ1v) is 10.9. The molecule has 3 nitrogen and oxygen atoms in total. The standard InChI is InChI=1S/C23H30ClNO2S/c1-7-22(28-18-10-8-17(24)9-11-18)23(26)25-16(5)20-13-19(14(2)3)21(27-6)12-15(20)4/h8-14,16,22H,7H2,1-6H3,(H,25,26)/t16-,22+/m0/s1. The number of benzene rings is 2. The highest BCUT2D eigenvalue weighted by Gasteiger charge is 2.22. The van der Waals surface area contributed by atoms with E-state index in [1.807, 2.05) is 38.1 Å². The number of halogens is 1. The quantitative estimate of drug-likeness (QED) is 0.494. The van der Waals surface area contributed by atoms with E-state index in [1.54, 1.807) is 18.9 Å². The second kappa shape index (κ2) is 10.2. The van der Waals surface area contributed by atoms with Crippen LogP contribution in [0.3, 0.4) is 0 Å². The summed E-state index contributed by atoms with van der Waals surface area (Å²) in [6, 6.07) is 11.8. The van der Waals surface area contributed by atoms with Crippen molar-refractivity contribution in [1.29, 1.82) is 0 Å². The Morgan fingerprint density at radius 2 is 1.79 bits per heavy atom. The first-order chi connectivity index (χ1) is 13.3. The Bertz CT molecular complexity index is 805. The Morgan fingerprint density at radius 1 is 1.14 bits per heavy atom. The minimum atomic E-state index is -0.147. The summed E-state index contributed by atoms with van der Waals surface area (Å²) in [7, 11) is 1.70. The topological polar surface area (TPSA) is 38.3 Å². The van der Waals surface area contributed by atoms with Crippen molar-refractivity contribution in [3.63, 3.8) is 0 Å². The minimum absolute atomic E-state index is 0.0521. The molecule has 0 saturated heterocycles. The first-order valence-electron chi connectivity index (χ1n) is 9.67. The van der Waals surface area contributed by atoms with E-state index in [0.29, 0.717) is 10.9 Å². The van der Waals surface area contributed by atoms with Gasteiger partial charge in [-0.15, -0.1) is 11.8 Å². The second-order valence-electron chi connectivity index (χ2n) is 7.30. The van der Waals surface area contributed by atoms with Crippen molar-refractivity contribution in [2.45, 2.75) is 63.1 Å². The number of aryl methyl sites for hydroxylation is 1. The van der Waals surface area contributed by atoms with Crippen molar-refractivity contribution in [2.24, 2.45) is 0 Å². The summed E-state index contributed by atoms with van der Waals surface area (Å²) in [6.07, 6.45) is 0.755. The van der Waals surface area contributed by atoms with Gasteiger partial charge in [0.05, 0.1) is 18.4 Å². The van der Waals surface area contributed by atoms with Crippen LogP contribution in [-0.2, 0) is 4.79 Å². The lowest BCUT2D eigenvalue weighted by molar-refractivity contribution is -0.121. The SMILES string of the molecule is CC[C@@H](Sc1ccc(Cl)cc1)C(=O)N[C@@H](C)c1cc(C(C)C)c(OC)cc1C. The van der Waals surface area contributed by atoms with Gasteiger partial charge in [0.25, 0.3) is 0 Å². The van der Waals surface area contributed by atoms with Gasteiger partial charge in [0.2, 0.25) is 5.91 Å². The number of methoxy groups -OCH3 is 1. The molecule has 0 saturated carbocycles. The summed E-state index contributed by atoms with van der Waals surface area (Å²) in [5.74, 6) is 1.30. The van der Waals surface area contributed by atoms with Crippen molar-refractivity contribution in [3.05, 3.63) is 58.1 Å². The molecule has 2 rings (SSSR count). The Morgan fingerprint density at radius 3 is 2.32 bits per heavy atom. The Balaban J connectivity index is 2.15. The fraction of sp³-hybridized carbons (Fsp3) is 0.435. The van der Waals surface area contributed by atoms with Gasteiger partial charge in [-0.1, -0.05) is 32.4 Å². The first kappa shape index (κ1) is 22.6. The molecule has 0 bridgehead atoms. The van der Waals surface area contributed by atoms with Gasteiger partial charge in [-0.25, -0.2) is 0 Å². The van der Waals surface area contributed by atoms with Crippen molar-refractivity contribution in [3.8, 4) is 5.75 Å². The molecule has 2 atom stereocenters. The van der Waals surface area contributed by atoms with Gasteiger partial charge in [0, 0.05) is 9.92 Å². The van der Waals surface area contributed by atoms with Gasteiger partial charge in [0.15, 0.2) is 0 Å². The largest absolute Gasteiger partial charge is 0.496 e. The smallest absolute Gasteiger partial charge is 0.233 e. The summed E-state index contributed by atoms with van der Waals surface area (Å²) in [6.45, 7) is 10.4. The highest BCUT2D eigenvalue weighted by molar-refractivity contribution is 8.00. The number of thioether (sulfide) groups is 1. The number of rotatable bonds is 8. The third-order valence-electron chi connectivity index (χ3n) is 4.82. The lowest BCUT2D eigenvalue weighted by Crippen LogP contribution is -2.34. The van der Waals surface area contributed by atoms with Crippen LogP contribution in [0.25, 0.3) is 0 Å². The average molecular weight is 420 g/mol. The van der Waals surface area contributed by atoms with Crippen molar-refractivity contribution in [1.82, 2.24) is 5.32 Å². The summed E-state index contributed by atoms with van der Waals surface area (Å²) in [4.78, 5) is 13.9. The Labute approximate surface area is 178 Å². The number of amides is 1. The van der Waals surface area contributed by atoms with Crippen molar-refractivity contribution in [2.75, 3.05) is 7.11 Å². The van der Waals surface area contributed by atoms with Gasteiger partial charge in [-0.05, 0) is 79.3 Å². The molecule has 0 heterocycles. The highest BCUT2D eigenvalue weighted by atomic mass is 35.5. The van der Waals surface area contributed by atoms with Crippen LogP contribution in [0.15, 0.2) is 41.3 Å². The molecule has 1 N–H and O–H groups in total. The van der Waals surface area contributed by atoms with E-state index in [9.17, 15) is 4.79 Å². The summed E-state index contributed by atoms with van der Waals surface area (Å²) >= 11 is 7.53. The second-order valence-corrected chi connectivity index (χ2v) is 9.02. The van der Waals surface area contributed by atoms with Crippen LogP contribution in [0.2, 0.25) is 5.02 Å². The molecule has 0 aliphatic rings. The zero-order chi connectivity index (χ0) is 20.8. The molecule has 5 heteroatoms. The zero-order valence-corrected chi connectivity index (χ0v) is 19.1. The number of carbonyl (C=O) groups is 1. The molecule has 0 spiro atoms. The number of hydrogen-bond acceptors (Lipinski definition) is 3. The lowest BCUT2D eigenvalue weighted by atomic mass is 9.93. The molecule has 0 aromatic heterocycles. The number of hydrogen-bond donors (Lipinski definition) is 1. The van der Waals surface area contributed by atoms with E-state index >= 15 is 0 Å². The third kappa shape index (κ3) is 5.68. The molecule has 0 unspecified atom stereocenters. The predicted molar refractivity (Wildman–Crippen MR) is 120 cm³/mol. The molecule has 2 aromatic carbocycles. The average Bonchev–Trinajstić information content (AvgIpc) is 2.66. The molecular formula is C23H30ClNO2S. The van der Waals surface area contributed by atoms with Gasteiger partial charge in [-0.3, -0.25) is 4.79 Å². The molecular weight excluding hydrogens is 390 g/mol. The normalized spacial score (nSPS) is 13.3. The van der Waals surface area contributed by atoms with Gasteiger partial charge < -0.3 is 10.1 Å². The van der Waals surface area contributed by atoms with Gasteiger partial charge in [0.1, 0.15) is 5.75 Å². The van der Waals surface area contributed by atoms with Crippen LogP contribution in [0.4, 0.5) is 0 Å². The van der Waals surface area contributed by atoms with E-state index in [4.69, 9.17) is 16.3 Å². The molecule has 0 aliphatic carbocycles. The summed E-state index contributed by atoms with van der Waals surface area (Å²) in [5.41, 5.74) is 3.41. The van der Waals surface area contributed by atoms with E-state index in [2.05, 4.69) is 38.2 Å². The van der Waals surface area contributed by atoms with E-state index in [-0.39, 0.29) is 17.2 Å². The van der Waals surface area contributed by atoms with Crippen LogP contribution < -0.4 is 10.1 Å². The zero-order valence-electron chi connectivity index (χ0n) is 17.5. The van der Waals surface area contributed by atoms with Gasteiger partial charge in [-0.2, -0.15) is 0 Å². The maximum absolute atomic E-state index is 12.9. The number of carbonyl (C=O) groups excluding carboxylic acids is 1. The molecule has 1 amide bonds. The number of nitrogens with one attached hydrogen (secondary N) is 1. The fourth-order valence-electron chi connectivity index (χ4n) is 3.19. The molecule has 28 heavy (non-hydrogen) atoms. The van der Waals surface area contributed by atoms with E-state index in [1.165, 1.54) is 0 Å². The summed E-state index contributed by atoms with van der Waals surface area (Å²) < 4.78 is 5.53. The number of ether oxygens (including phenoxy) is 1. The van der Waals surface area contributed by atoms with Crippen molar-refractivity contribution >= 4 is 29.3 Å². The van der Waals surface area contributed by atoms with Crippen LogP contribution in [0.5, 0.6) is 5.75 Å². The van der Waals surface area contributed by atoms with Crippen LogP contribution in [0, 0.1) is 6.92 Å². The predicted octanol–water partition coefficient (Wildman–Crippen LogP) is 6.53. The lowest BCUT2D eigenvalue weighted by Gasteiger charge is -2.23. The monoisotopic (exact) mass is 419 g/mol. The van der Waals surface area contributed by atoms with Crippen LogP contribution in [-0.4, -0.2) is 18.3 Å². The highest BCUT2D eigenvalue weighted by Crippen LogP contribution is 2.33. The molecule has 0 aliphatic heterocycles. The van der Waals surface area contributed by atoms with Gasteiger partial charge >= 0.3 is 0 Å². The molecule has 0 radical (unpaired) electrons. The Kier molecular flexibility index (Phi) is 8.26. The van der Waals surface area contributed by atoms with Crippen LogP contribution >= 0.6 is 23.4 Å². The maximum Gasteiger partial charge on any atom is 0.233 e. The molecule has 2 aromatic rings. The minimum Gasteiger partial charge on any atom is -0.496 e. The summed E-state index contributed by atoms with van der Waals surface area (Å²) in [5, 5.41) is 3.75. The maximum atomic E-state index is 12.9. The fourth-order valence-corrected chi connectivity index (χ4v) is 4.28. The molecule has 0 fully saturated rings. The van der Waals surface area contributed by atoms with Crippen molar-refractivity contribution < 1.29 is 9.53 Å². The third-order valence-corrected chi connectivity index (χ3v) is 6.45.